The normalized spacial score (nSPS) is 13.0. The van der Waals surface area contributed by atoms with Crippen LogP contribution in [0.2, 0.25) is 5.02 Å². The summed E-state index contributed by atoms with van der Waals surface area (Å²) in [5, 5.41) is 7.54. The lowest BCUT2D eigenvalue weighted by Gasteiger charge is -2.37. The molecule has 4 rings (SSSR count). The maximum absolute atomic E-state index is 12.9. The maximum Gasteiger partial charge on any atom is 0.412 e. The van der Waals surface area contributed by atoms with Gasteiger partial charge >= 0.3 is 6.09 Å². The molecule has 7 nitrogen and oxygen atoms in total. The lowest BCUT2D eigenvalue weighted by Crippen LogP contribution is -2.45. The van der Waals surface area contributed by atoms with Crippen molar-refractivity contribution >= 4 is 35.0 Å². The molecule has 2 atom stereocenters. The van der Waals surface area contributed by atoms with Crippen molar-refractivity contribution in [3.63, 3.8) is 0 Å². The monoisotopic (exact) mass is 524 g/mol. The summed E-state index contributed by atoms with van der Waals surface area (Å²) < 4.78 is 13.8. The van der Waals surface area contributed by atoms with E-state index in [4.69, 9.17) is 32.7 Å². The highest BCUT2D eigenvalue weighted by atomic mass is 35.5. The van der Waals surface area contributed by atoms with E-state index in [0.717, 1.165) is 11.1 Å². The van der Waals surface area contributed by atoms with Crippen LogP contribution in [-0.4, -0.2) is 32.8 Å². The number of carbonyl (C=O) groups is 1. The van der Waals surface area contributed by atoms with Crippen molar-refractivity contribution in [2.24, 2.45) is 5.41 Å². The van der Waals surface area contributed by atoms with E-state index in [1.54, 1.807) is 24.3 Å². The summed E-state index contributed by atoms with van der Waals surface area (Å²) in [7, 11) is 0. The Morgan fingerprint density at radius 1 is 1.00 bits per heavy atom. The van der Waals surface area contributed by atoms with Crippen LogP contribution in [0.25, 0.3) is 11.1 Å². The van der Waals surface area contributed by atoms with Crippen molar-refractivity contribution in [3.8, 4) is 16.9 Å². The Morgan fingerprint density at radius 3 is 2.28 bits per heavy atom. The number of nitrogens with zero attached hydrogens (tertiary/aromatic N) is 3. The Morgan fingerprint density at radius 2 is 1.67 bits per heavy atom. The fourth-order valence-electron chi connectivity index (χ4n) is 3.57. The van der Waals surface area contributed by atoms with E-state index < -0.39 is 23.8 Å². The smallest absolute Gasteiger partial charge is 0.412 e. The fraction of sp³-hybridized carbons (Fsp3) is 0.222. The number of anilines is 1. The molecular weight excluding hydrogens is 499 g/mol. The Hall–Kier alpha value is -3.55. The lowest BCUT2D eigenvalue weighted by atomic mass is 9.87. The minimum absolute atomic E-state index is 0.202. The van der Waals surface area contributed by atoms with E-state index >= 15 is 0 Å². The standard InChI is InChI=1S/C27H26Cl2N4O3/c1-27(2,16-28)24(36-26(34)32-22-12-10-21(29)11-13-22)25(33-18-30-17-31-33)35-23-14-8-20(9-15-23)19-6-4-3-5-7-19/h3-15,17-18,24-25H,16H2,1-2H3,(H,32,34). The number of alkyl halides is 1. The molecule has 186 valence electrons. The van der Waals surface area contributed by atoms with Crippen LogP contribution in [0.15, 0.2) is 91.5 Å². The van der Waals surface area contributed by atoms with Gasteiger partial charge < -0.3 is 9.47 Å². The average Bonchev–Trinajstić information content (AvgIpc) is 3.43. The molecular formula is C27H26Cl2N4O3. The third-order valence-electron chi connectivity index (χ3n) is 5.61. The zero-order valence-corrected chi connectivity index (χ0v) is 21.4. The van der Waals surface area contributed by atoms with Gasteiger partial charge in [-0.3, -0.25) is 5.32 Å². The number of hydrogen-bond acceptors (Lipinski definition) is 5. The average molecular weight is 525 g/mol. The quantitative estimate of drug-likeness (QED) is 0.237. The molecule has 0 saturated heterocycles. The van der Waals surface area contributed by atoms with Crippen LogP contribution in [0.3, 0.4) is 0 Å². The first-order valence-electron chi connectivity index (χ1n) is 11.3. The van der Waals surface area contributed by atoms with E-state index in [0.29, 0.717) is 16.5 Å². The van der Waals surface area contributed by atoms with Gasteiger partial charge in [0.15, 0.2) is 6.10 Å². The molecule has 0 fully saturated rings. The molecule has 0 saturated carbocycles. The molecule has 36 heavy (non-hydrogen) atoms. The largest absolute Gasteiger partial charge is 0.465 e. The third-order valence-corrected chi connectivity index (χ3v) is 6.55. The molecule has 1 aromatic heterocycles. The van der Waals surface area contributed by atoms with Crippen LogP contribution in [0, 0.1) is 5.41 Å². The van der Waals surface area contributed by atoms with Gasteiger partial charge in [0.25, 0.3) is 0 Å². The predicted octanol–water partition coefficient (Wildman–Crippen LogP) is 7.06. The Bertz CT molecular complexity index is 1250. The summed E-state index contributed by atoms with van der Waals surface area (Å²) >= 11 is 12.3. The van der Waals surface area contributed by atoms with Gasteiger partial charge in [-0.1, -0.05) is 67.9 Å². The Labute approximate surface area is 220 Å². The Kier molecular flexibility index (Phi) is 8.13. The molecule has 1 amide bonds. The van der Waals surface area contributed by atoms with Crippen LogP contribution in [0.1, 0.15) is 20.1 Å². The van der Waals surface area contributed by atoms with Crippen LogP contribution in [0.5, 0.6) is 5.75 Å². The summed E-state index contributed by atoms with van der Waals surface area (Å²) in [5.74, 6) is 0.778. The van der Waals surface area contributed by atoms with Crippen molar-refractivity contribution in [3.05, 3.63) is 96.5 Å². The maximum atomic E-state index is 12.9. The summed E-state index contributed by atoms with van der Waals surface area (Å²) in [5.41, 5.74) is 2.01. The first-order chi connectivity index (χ1) is 17.4. The molecule has 4 aromatic rings. The minimum atomic E-state index is -0.834. The number of aromatic nitrogens is 3. The number of carbonyl (C=O) groups excluding carboxylic acids is 1. The number of halogens is 2. The number of amides is 1. The highest BCUT2D eigenvalue weighted by Gasteiger charge is 2.42. The Balaban J connectivity index is 1.59. The number of hydrogen-bond donors (Lipinski definition) is 1. The first-order valence-corrected chi connectivity index (χ1v) is 12.2. The number of ether oxygens (including phenoxy) is 2. The van der Waals surface area contributed by atoms with Crippen LogP contribution >= 0.6 is 23.2 Å². The zero-order chi connectivity index (χ0) is 25.5. The molecule has 0 radical (unpaired) electrons. The highest BCUT2D eigenvalue weighted by Crippen LogP contribution is 2.35. The van der Waals surface area contributed by atoms with Crippen LogP contribution in [-0.2, 0) is 4.74 Å². The topological polar surface area (TPSA) is 78.3 Å². The van der Waals surface area contributed by atoms with Gasteiger partial charge in [0.2, 0.25) is 6.23 Å². The molecule has 0 aliphatic heterocycles. The molecule has 2 unspecified atom stereocenters. The van der Waals surface area contributed by atoms with Gasteiger partial charge in [-0.25, -0.2) is 14.5 Å². The summed E-state index contributed by atoms with van der Waals surface area (Å²) in [6.07, 6.45) is 0.597. The molecule has 0 bridgehead atoms. The van der Waals surface area contributed by atoms with Crippen molar-refractivity contribution in [2.45, 2.75) is 26.2 Å². The second kappa shape index (κ2) is 11.5. The highest BCUT2D eigenvalue weighted by molar-refractivity contribution is 6.30. The summed E-state index contributed by atoms with van der Waals surface area (Å²) in [6.45, 7) is 3.79. The zero-order valence-electron chi connectivity index (χ0n) is 19.8. The summed E-state index contributed by atoms with van der Waals surface area (Å²) in [4.78, 5) is 16.9. The fourth-order valence-corrected chi connectivity index (χ4v) is 3.85. The molecule has 0 spiro atoms. The number of benzene rings is 3. The SMILES string of the molecule is CC(C)(CCl)C(OC(=O)Nc1ccc(Cl)cc1)C(Oc1ccc(-c2ccccc2)cc1)n1cncn1. The molecule has 1 N–H and O–H groups in total. The van der Waals surface area contributed by atoms with Gasteiger partial charge in [-0.2, -0.15) is 5.10 Å². The first kappa shape index (κ1) is 25.5. The van der Waals surface area contributed by atoms with E-state index in [1.807, 2.05) is 68.4 Å². The molecule has 9 heteroatoms. The van der Waals surface area contributed by atoms with Crippen molar-refractivity contribution < 1.29 is 14.3 Å². The van der Waals surface area contributed by atoms with E-state index in [9.17, 15) is 4.79 Å². The van der Waals surface area contributed by atoms with Gasteiger partial charge in [0.1, 0.15) is 18.4 Å². The second-order valence-electron chi connectivity index (χ2n) is 8.85. The van der Waals surface area contributed by atoms with E-state index in [-0.39, 0.29) is 5.88 Å². The minimum Gasteiger partial charge on any atom is -0.465 e. The second-order valence-corrected chi connectivity index (χ2v) is 9.56. The van der Waals surface area contributed by atoms with Crippen molar-refractivity contribution in [1.82, 2.24) is 14.8 Å². The van der Waals surface area contributed by atoms with Crippen LogP contribution < -0.4 is 10.1 Å². The van der Waals surface area contributed by atoms with Crippen molar-refractivity contribution in [2.75, 3.05) is 11.2 Å². The third kappa shape index (κ3) is 6.36. The van der Waals surface area contributed by atoms with Gasteiger partial charge in [-0.15, -0.1) is 11.6 Å². The molecule has 3 aromatic carbocycles. The number of nitrogens with one attached hydrogen (secondary N) is 1. The predicted molar refractivity (Wildman–Crippen MR) is 141 cm³/mol. The molecule has 0 aliphatic carbocycles. The van der Waals surface area contributed by atoms with Gasteiger partial charge in [-0.05, 0) is 47.5 Å². The summed E-state index contributed by atoms with van der Waals surface area (Å²) in [6, 6.07) is 24.4. The molecule has 0 aliphatic rings. The van der Waals surface area contributed by atoms with E-state index in [1.165, 1.54) is 17.3 Å². The lowest BCUT2D eigenvalue weighted by molar-refractivity contribution is -0.0748. The van der Waals surface area contributed by atoms with E-state index in [2.05, 4.69) is 15.4 Å². The van der Waals surface area contributed by atoms with Gasteiger partial charge in [0, 0.05) is 22.0 Å². The van der Waals surface area contributed by atoms with Gasteiger partial charge in [0.05, 0.1) is 0 Å². The van der Waals surface area contributed by atoms with Crippen LogP contribution in [0.4, 0.5) is 10.5 Å². The van der Waals surface area contributed by atoms with Crippen molar-refractivity contribution in [1.29, 1.82) is 0 Å². The number of rotatable bonds is 9. The molecule has 1 heterocycles.